The van der Waals surface area contributed by atoms with Gasteiger partial charge in [0, 0.05) is 24.3 Å². The van der Waals surface area contributed by atoms with Crippen LogP contribution in [-0.2, 0) is 7.05 Å². The molecule has 0 fully saturated rings. The van der Waals surface area contributed by atoms with Gasteiger partial charge >= 0.3 is 0 Å². The maximum absolute atomic E-state index is 5.55. The molecule has 2 atom stereocenters. The summed E-state index contributed by atoms with van der Waals surface area (Å²) in [5, 5.41) is 7.96. The smallest absolute Gasteiger partial charge is 0.211 e. The molecule has 0 aromatic carbocycles. The fraction of sp³-hybridized carbons (Fsp3) is 0.571. The van der Waals surface area contributed by atoms with Crippen LogP contribution in [0, 0.1) is 20.8 Å². The van der Waals surface area contributed by atoms with Crippen molar-refractivity contribution in [3.63, 3.8) is 0 Å². The number of hydrogen-bond donors (Lipinski definition) is 1. The first-order valence-electron chi connectivity index (χ1n) is 6.58. The monoisotopic (exact) mass is 262 g/mol. The summed E-state index contributed by atoms with van der Waals surface area (Å²) in [7, 11) is 1.97. The highest BCUT2D eigenvalue weighted by molar-refractivity contribution is 5.27. The summed E-state index contributed by atoms with van der Waals surface area (Å²) in [6.07, 6.45) is 1.75. The third kappa shape index (κ3) is 2.71. The molecule has 0 aliphatic carbocycles. The van der Waals surface area contributed by atoms with Crippen LogP contribution >= 0.6 is 0 Å². The summed E-state index contributed by atoms with van der Waals surface area (Å²) < 4.78 is 7.47. The quantitative estimate of drug-likeness (QED) is 0.920. The lowest BCUT2D eigenvalue weighted by Gasteiger charge is -2.18. The molecule has 104 valence electrons. The Morgan fingerprint density at radius 2 is 1.89 bits per heavy atom. The molecular weight excluding hydrogens is 240 g/mol. The molecule has 5 nitrogen and oxygen atoms in total. The topological polar surface area (TPSA) is 55.9 Å². The number of oxazole rings is 1. The lowest BCUT2D eigenvalue weighted by atomic mass is 10.1. The summed E-state index contributed by atoms with van der Waals surface area (Å²) >= 11 is 0. The van der Waals surface area contributed by atoms with Crippen LogP contribution in [0.2, 0.25) is 0 Å². The largest absolute Gasteiger partial charge is 0.444 e. The van der Waals surface area contributed by atoms with Crippen LogP contribution in [0.5, 0.6) is 0 Å². The number of aromatic nitrogens is 3. The number of rotatable bonds is 4. The first kappa shape index (κ1) is 13.8. The second kappa shape index (κ2) is 5.17. The molecule has 0 bridgehead atoms. The van der Waals surface area contributed by atoms with Crippen LogP contribution in [0.3, 0.4) is 0 Å². The Labute approximate surface area is 114 Å². The summed E-state index contributed by atoms with van der Waals surface area (Å²) in [5.74, 6) is 1.56. The van der Waals surface area contributed by atoms with E-state index in [9.17, 15) is 0 Å². The van der Waals surface area contributed by atoms with Crippen LogP contribution in [0.15, 0.2) is 10.6 Å². The van der Waals surface area contributed by atoms with E-state index < -0.39 is 0 Å². The Morgan fingerprint density at radius 3 is 2.37 bits per heavy atom. The Morgan fingerprint density at radius 1 is 1.21 bits per heavy atom. The number of hydrogen-bond acceptors (Lipinski definition) is 4. The highest BCUT2D eigenvalue weighted by atomic mass is 16.4. The van der Waals surface area contributed by atoms with E-state index in [2.05, 4.69) is 36.2 Å². The Balaban J connectivity index is 2.14. The van der Waals surface area contributed by atoms with Crippen LogP contribution in [-0.4, -0.2) is 14.8 Å². The summed E-state index contributed by atoms with van der Waals surface area (Å²) in [6.45, 7) is 10.2. The molecule has 0 amide bonds. The molecular formula is C14H22N4O. The average Bonchev–Trinajstić information content (AvgIpc) is 2.84. The lowest BCUT2D eigenvalue weighted by Crippen LogP contribution is -2.23. The zero-order valence-electron chi connectivity index (χ0n) is 12.5. The zero-order chi connectivity index (χ0) is 14.2. The number of aryl methyl sites for hydroxylation is 3. The fourth-order valence-electron chi connectivity index (χ4n) is 2.52. The first-order chi connectivity index (χ1) is 8.90. The van der Waals surface area contributed by atoms with Gasteiger partial charge < -0.3 is 4.42 Å². The zero-order valence-corrected chi connectivity index (χ0v) is 12.5. The Hall–Kier alpha value is -1.62. The van der Waals surface area contributed by atoms with Crippen LogP contribution in [0.1, 0.15) is 54.5 Å². The van der Waals surface area contributed by atoms with Crippen molar-refractivity contribution in [2.75, 3.05) is 0 Å². The van der Waals surface area contributed by atoms with Gasteiger partial charge in [0.15, 0.2) is 0 Å². The van der Waals surface area contributed by atoms with Gasteiger partial charge in [-0.3, -0.25) is 10.00 Å². The normalized spacial score (nSPS) is 14.6. The molecule has 19 heavy (non-hydrogen) atoms. The van der Waals surface area contributed by atoms with Gasteiger partial charge in [-0.05, 0) is 34.6 Å². The number of nitrogens with zero attached hydrogens (tertiary/aromatic N) is 3. The molecule has 0 radical (unpaired) electrons. The molecule has 1 N–H and O–H groups in total. The molecule has 0 saturated carbocycles. The third-order valence-electron chi connectivity index (χ3n) is 3.51. The van der Waals surface area contributed by atoms with Gasteiger partial charge in [0.2, 0.25) is 5.89 Å². The minimum atomic E-state index is 0.0720. The lowest BCUT2D eigenvalue weighted by molar-refractivity contribution is 0.379. The van der Waals surface area contributed by atoms with E-state index in [1.54, 1.807) is 6.20 Å². The second-order valence-electron chi connectivity index (χ2n) is 5.13. The van der Waals surface area contributed by atoms with Crippen LogP contribution < -0.4 is 5.32 Å². The Kier molecular flexibility index (Phi) is 3.75. The SMILES string of the molecule is Cc1cnc(C(C)NC(C)c2c(C)nn(C)c2C)o1. The first-order valence-corrected chi connectivity index (χ1v) is 6.58. The molecule has 0 spiro atoms. The molecule has 2 aromatic rings. The predicted octanol–water partition coefficient (Wildman–Crippen LogP) is 2.75. The minimum Gasteiger partial charge on any atom is -0.444 e. The van der Waals surface area contributed by atoms with Crippen LogP contribution in [0.4, 0.5) is 0 Å². The van der Waals surface area contributed by atoms with Gasteiger partial charge in [0.1, 0.15) is 5.76 Å². The predicted molar refractivity (Wildman–Crippen MR) is 73.9 cm³/mol. The highest BCUT2D eigenvalue weighted by Gasteiger charge is 2.20. The van der Waals surface area contributed by atoms with Gasteiger partial charge in [-0.2, -0.15) is 5.10 Å². The van der Waals surface area contributed by atoms with E-state index in [1.165, 1.54) is 11.3 Å². The van der Waals surface area contributed by atoms with Crippen molar-refractivity contribution in [1.82, 2.24) is 20.1 Å². The van der Waals surface area contributed by atoms with Crippen molar-refractivity contribution in [1.29, 1.82) is 0 Å². The molecule has 0 aliphatic heterocycles. The van der Waals surface area contributed by atoms with Crippen LogP contribution in [0.25, 0.3) is 0 Å². The third-order valence-corrected chi connectivity index (χ3v) is 3.51. The standard InChI is InChI=1S/C14H22N4O/c1-8-7-15-14(19-8)11(4)16-9(2)13-10(3)17-18(6)12(13)5/h7,9,11,16H,1-6H3. The highest BCUT2D eigenvalue weighted by Crippen LogP contribution is 2.24. The summed E-state index contributed by atoms with van der Waals surface area (Å²) in [4.78, 5) is 4.26. The van der Waals surface area contributed by atoms with E-state index in [0.717, 1.165) is 17.3 Å². The van der Waals surface area contributed by atoms with Crippen molar-refractivity contribution >= 4 is 0 Å². The maximum atomic E-state index is 5.55. The molecule has 2 aromatic heterocycles. The van der Waals surface area contributed by atoms with E-state index in [1.807, 2.05) is 25.6 Å². The minimum absolute atomic E-state index is 0.0720. The summed E-state index contributed by atoms with van der Waals surface area (Å²) in [5.41, 5.74) is 3.50. The molecule has 5 heteroatoms. The Bertz CT molecular complexity index is 570. The van der Waals surface area contributed by atoms with Crippen molar-refractivity contribution < 1.29 is 4.42 Å². The van der Waals surface area contributed by atoms with Gasteiger partial charge in [-0.1, -0.05) is 0 Å². The molecule has 0 aliphatic rings. The van der Waals surface area contributed by atoms with Crippen molar-refractivity contribution in [2.45, 2.75) is 46.7 Å². The molecule has 0 saturated heterocycles. The number of nitrogens with one attached hydrogen (secondary N) is 1. The maximum Gasteiger partial charge on any atom is 0.211 e. The van der Waals surface area contributed by atoms with Crippen molar-refractivity contribution in [3.05, 3.63) is 34.8 Å². The average molecular weight is 262 g/mol. The fourth-order valence-corrected chi connectivity index (χ4v) is 2.52. The molecule has 2 unspecified atom stereocenters. The van der Waals surface area contributed by atoms with Crippen molar-refractivity contribution in [2.24, 2.45) is 7.05 Å². The summed E-state index contributed by atoms with van der Waals surface area (Å²) in [6, 6.07) is 0.276. The van der Waals surface area contributed by atoms with E-state index >= 15 is 0 Å². The van der Waals surface area contributed by atoms with Gasteiger partial charge in [0.05, 0.1) is 17.9 Å². The van der Waals surface area contributed by atoms with E-state index in [4.69, 9.17) is 4.42 Å². The van der Waals surface area contributed by atoms with E-state index in [0.29, 0.717) is 0 Å². The molecule has 2 heterocycles. The van der Waals surface area contributed by atoms with E-state index in [-0.39, 0.29) is 12.1 Å². The molecule has 2 rings (SSSR count). The van der Waals surface area contributed by atoms with Crippen molar-refractivity contribution in [3.8, 4) is 0 Å². The van der Waals surface area contributed by atoms with Gasteiger partial charge in [0.25, 0.3) is 0 Å². The van der Waals surface area contributed by atoms with Gasteiger partial charge in [-0.25, -0.2) is 4.98 Å². The second-order valence-corrected chi connectivity index (χ2v) is 5.13. The van der Waals surface area contributed by atoms with Gasteiger partial charge in [-0.15, -0.1) is 0 Å².